The molecule has 0 saturated carbocycles. The molecule has 0 saturated heterocycles. The minimum atomic E-state index is -0.524. The maximum Gasteiger partial charge on any atom is 0.168 e. The molecule has 9 heteroatoms. The van der Waals surface area contributed by atoms with Crippen LogP contribution in [0.2, 0.25) is 20.1 Å². The number of carbonyl (C=O) groups is 2. The van der Waals surface area contributed by atoms with Gasteiger partial charge in [-0.05, 0) is 67.7 Å². The quantitative estimate of drug-likeness (QED) is 0.254. The number of Topliss-reactive ketones (excluding diaryl/α,β-unsaturated/α-hetero) is 2. The molecule has 174 valence electrons. The Labute approximate surface area is 217 Å². The highest BCUT2D eigenvalue weighted by Crippen LogP contribution is 2.43. The molecule has 2 atom stereocenters. The summed E-state index contributed by atoms with van der Waals surface area (Å²) in [6.07, 6.45) is 0.996. The van der Waals surface area contributed by atoms with Gasteiger partial charge in [0.25, 0.3) is 0 Å². The summed E-state index contributed by atoms with van der Waals surface area (Å²) in [5.41, 5.74) is 1.45. The fourth-order valence-corrected chi connectivity index (χ4v) is 6.05. The summed E-state index contributed by atoms with van der Waals surface area (Å²) in [7, 11) is 0. The Bertz CT molecular complexity index is 1110. The number of aryl methyl sites for hydroxylation is 1. The predicted molar refractivity (Wildman–Crippen MR) is 137 cm³/mol. The third kappa shape index (κ3) is 5.60. The Morgan fingerprint density at radius 2 is 1.30 bits per heavy atom. The molecule has 2 unspecified atom stereocenters. The van der Waals surface area contributed by atoms with Crippen LogP contribution in [0.25, 0.3) is 0 Å². The third-order valence-electron chi connectivity index (χ3n) is 5.80. The highest BCUT2D eigenvalue weighted by atomic mass is 35.5. The number of halogens is 4. The van der Waals surface area contributed by atoms with Crippen molar-refractivity contribution in [2.75, 3.05) is 0 Å². The second-order valence-electron chi connectivity index (χ2n) is 7.75. The van der Waals surface area contributed by atoms with Crippen LogP contribution in [0.4, 0.5) is 0 Å². The van der Waals surface area contributed by atoms with Crippen LogP contribution in [0.3, 0.4) is 0 Å². The van der Waals surface area contributed by atoms with E-state index in [1.807, 2.05) is 20.8 Å². The normalized spacial score (nSPS) is 14.0. The van der Waals surface area contributed by atoms with Crippen molar-refractivity contribution < 1.29 is 9.59 Å². The molecular weight excluding hydrogens is 522 g/mol. The Hall–Kier alpha value is -1.50. The molecule has 33 heavy (non-hydrogen) atoms. The van der Waals surface area contributed by atoms with Gasteiger partial charge >= 0.3 is 0 Å². The fourth-order valence-electron chi connectivity index (χ4n) is 4.17. The SMILES string of the molecule is CCC(C(=O)c1ccc(Cl)cc1Cl)C(c1snnc1C)C(CC)C(=O)c1ccc(Cl)cc1Cl. The number of rotatable bonds is 9. The van der Waals surface area contributed by atoms with E-state index in [-0.39, 0.29) is 21.6 Å². The van der Waals surface area contributed by atoms with Crippen LogP contribution in [-0.2, 0) is 0 Å². The maximum atomic E-state index is 13.7. The molecular formula is C24H22Cl4N2O2S. The van der Waals surface area contributed by atoms with Gasteiger partial charge in [0.15, 0.2) is 11.6 Å². The summed E-state index contributed by atoms with van der Waals surface area (Å²) < 4.78 is 4.08. The third-order valence-corrected chi connectivity index (χ3v) is 7.83. The first kappa shape index (κ1) is 26.1. The Morgan fingerprint density at radius 3 is 1.64 bits per heavy atom. The number of hydrogen-bond acceptors (Lipinski definition) is 5. The monoisotopic (exact) mass is 542 g/mol. The molecule has 3 aromatic rings. The van der Waals surface area contributed by atoms with E-state index in [0.717, 1.165) is 4.88 Å². The van der Waals surface area contributed by atoms with Gasteiger partial charge in [0.2, 0.25) is 0 Å². The molecule has 0 aliphatic carbocycles. The van der Waals surface area contributed by atoms with Crippen molar-refractivity contribution in [2.45, 2.75) is 39.5 Å². The molecule has 0 aliphatic rings. The van der Waals surface area contributed by atoms with Crippen LogP contribution in [0.5, 0.6) is 0 Å². The minimum Gasteiger partial charge on any atom is -0.294 e. The van der Waals surface area contributed by atoms with Gasteiger partial charge in [-0.3, -0.25) is 9.59 Å². The van der Waals surface area contributed by atoms with Crippen molar-refractivity contribution in [3.8, 4) is 0 Å². The molecule has 1 aromatic heterocycles. The summed E-state index contributed by atoms with van der Waals surface area (Å²) in [6.45, 7) is 5.69. The van der Waals surface area contributed by atoms with Crippen molar-refractivity contribution in [1.82, 2.24) is 9.59 Å². The Morgan fingerprint density at radius 1 is 0.848 bits per heavy atom. The van der Waals surface area contributed by atoms with Gasteiger partial charge in [0.05, 0.1) is 20.6 Å². The van der Waals surface area contributed by atoms with Crippen LogP contribution in [0, 0.1) is 18.8 Å². The van der Waals surface area contributed by atoms with Crippen LogP contribution in [-0.4, -0.2) is 21.2 Å². The number of hydrogen-bond donors (Lipinski definition) is 0. The second kappa shape index (κ2) is 11.3. The topological polar surface area (TPSA) is 59.9 Å². The molecule has 0 bridgehead atoms. The van der Waals surface area contributed by atoms with Crippen LogP contribution >= 0.6 is 57.9 Å². The zero-order valence-electron chi connectivity index (χ0n) is 18.2. The van der Waals surface area contributed by atoms with E-state index in [0.29, 0.717) is 39.7 Å². The number of ketones is 2. The van der Waals surface area contributed by atoms with Gasteiger partial charge in [-0.15, -0.1) is 5.10 Å². The van der Waals surface area contributed by atoms with E-state index in [1.165, 1.54) is 11.5 Å². The van der Waals surface area contributed by atoms with Crippen LogP contribution < -0.4 is 0 Å². The van der Waals surface area contributed by atoms with Crippen molar-refractivity contribution in [3.05, 3.63) is 78.2 Å². The van der Waals surface area contributed by atoms with Crippen LogP contribution in [0.15, 0.2) is 36.4 Å². The summed E-state index contributed by atoms with van der Waals surface area (Å²) in [4.78, 5) is 28.3. The first-order valence-electron chi connectivity index (χ1n) is 10.5. The standard InChI is InChI=1S/C24H22Cl4N2O2S/c1-4-15(22(31)17-8-6-13(25)10-19(17)27)21(24-12(3)29-30-33-24)16(5-2)23(32)18-9-7-14(26)11-20(18)28/h6-11,15-16,21H,4-5H2,1-3H3. The highest BCUT2D eigenvalue weighted by Gasteiger charge is 2.40. The fraction of sp³-hybridized carbons (Fsp3) is 0.333. The lowest BCUT2D eigenvalue weighted by atomic mass is 9.71. The van der Waals surface area contributed by atoms with Gasteiger partial charge in [0.1, 0.15) is 0 Å². The van der Waals surface area contributed by atoms with Gasteiger partial charge in [-0.25, -0.2) is 0 Å². The maximum absolute atomic E-state index is 13.7. The minimum absolute atomic E-state index is 0.148. The van der Waals surface area contributed by atoms with Gasteiger partial charge in [-0.2, -0.15) is 0 Å². The average molecular weight is 544 g/mol. The van der Waals surface area contributed by atoms with E-state index in [2.05, 4.69) is 9.59 Å². The zero-order valence-corrected chi connectivity index (χ0v) is 22.1. The van der Waals surface area contributed by atoms with Crippen molar-refractivity contribution in [2.24, 2.45) is 11.8 Å². The first-order valence-corrected chi connectivity index (χ1v) is 12.7. The van der Waals surface area contributed by atoms with Gasteiger partial charge in [-0.1, -0.05) is 64.7 Å². The van der Waals surface area contributed by atoms with E-state index in [9.17, 15) is 9.59 Å². The molecule has 0 amide bonds. The molecule has 0 N–H and O–H groups in total. The summed E-state index contributed by atoms with van der Waals surface area (Å²) in [5, 5.41) is 5.61. The lowest BCUT2D eigenvalue weighted by Crippen LogP contribution is -2.32. The van der Waals surface area contributed by atoms with Gasteiger partial charge < -0.3 is 0 Å². The lowest BCUT2D eigenvalue weighted by Gasteiger charge is -2.31. The lowest BCUT2D eigenvalue weighted by molar-refractivity contribution is 0.0808. The van der Waals surface area contributed by atoms with E-state index >= 15 is 0 Å². The largest absolute Gasteiger partial charge is 0.294 e. The summed E-state index contributed by atoms with van der Waals surface area (Å²) in [6, 6.07) is 9.63. The second-order valence-corrected chi connectivity index (χ2v) is 10.2. The Kier molecular flexibility index (Phi) is 8.93. The molecule has 0 aliphatic heterocycles. The zero-order chi connectivity index (χ0) is 24.3. The molecule has 1 heterocycles. The molecule has 0 spiro atoms. The average Bonchev–Trinajstić information content (AvgIpc) is 3.18. The smallest absolute Gasteiger partial charge is 0.168 e. The number of aromatic nitrogens is 2. The van der Waals surface area contributed by atoms with Crippen molar-refractivity contribution >= 4 is 69.5 Å². The van der Waals surface area contributed by atoms with E-state index in [1.54, 1.807) is 36.4 Å². The number of benzene rings is 2. The molecule has 0 fully saturated rings. The first-order chi connectivity index (χ1) is 15.7. The van der Waals surface area contributed by atoms with Crippen molar-refractivity contribution in [3.63, 3.8) is 0 Å². The van der Waals surface area contributed by atoms with E-state index in [4.69, 9.17) is 46.4 Å². The predicted octanol–water partition coefficient (Wildman–Crippen LogP) is 8.36. The molecule has 4 nitrogen and oxygen atoms in total. The molecule has 3 rings (SSSR count). The Balaban J connectivity index is 2.12. The number of carbonyl (C=O) groups excluding carboxylic acids is 2. The molecule has 2 aromatic carbocycles. The summed E-state index contributed by atoms with van der Waals surface area (Å²) in [5.74, 6) is -1.79. The van der Waals surface area contributed by atoms with E-state index < -0.39 is 17.8 Å². The highest BCUT2D eigenvalue weighted by molar-refractivity contribution is 7.05. The number of nitrogens with zero attached hydrogens (tertiary/aromatic N) is 2. The van der Waals surface area contributed by atoms with Crippen LogP contribution in [0.1, 0.15) is 63.9 Å². The molecule has 0 radical (unpaired) electrons. The summed E-state index contributed by atoms with van der Waals surface area (Å²) >= 11 is 26.0. The van der Waals surface area contributed by atoms with Crippen molar-refractivity contribution in [1.29, 1.82) is 0 Å². The van der Waals surface area contributed by atoms with Gasteiger partial charge in [0, 0.05) is 38.9 Å².